The van der Waals surface area contributed by atoms with Crippen LogP contribution in [0.2, 0.25) is 0 Å². The second kappa shape index (κ2) is 5.14. The lowest BCUT2D eigenvalue weighted by atomic mass is 9.79. The van der Waals surface area contributed by atoms with Gasteiger partial charge in [-0.05, 0) is 30.2 Å². The van der Waals surface area contributed by atoms with Crippen LogP contribution >= 0.6 is 12.4 Å². The molecule has 1 saturated heterocycles. The molecule has 1 aromatic rings. The van der Waals surface area contributed by atoms with Crippen molar-refractivity contribution in [1.82, 2.24) is 5.32 Å². The normalized spacial score (nSPS) is 21.6. The minimum absolute atomic E-state index is 0. The van der Waals surface area contributed by atoms with E-state index in [1.165, 1.54) is 12.1 Å². The van der Waals surface area contributed by atoms with Gasteiger partial charge in [0.15, 0.2) is 0 Å². The SMILES string of the molecule is Cc1ccc(F)cc1[C@H]1NC(=O)OCC1(C)C.Cl. The fourth-order valence-corrected chi connectivity index (χ4v) is 2.11. The van der Waals surface area contributed by atoms with E-state index in [4.69, 9.17) is 4.74 Å². The summed E-state index contributed by atoms with van der Waals surface area (Å²) < 4.78 is 18.3. The highest BCUT2D eigenvalue weighted by atomic mass is 35.5. The number of benzene rings is 1. The van der Waals surface area contributed by atoms with E-state index in [2.05, 4.69) is 5.32 Å². The number of amides is 1. The van der Waals surface area contributed by atoms with E-state index < -0.39 is 6.09 Å². The lowest BCUT2D eigenvalue weighted by Gasteiger charge is -2.39. The Morgan fingerprint density at radius 3 is 2.78 bits per heavy atom. The Labute approximate surface area is 112 Å². The lowest BCUT2D eigenvalue weighted by molar-refractivity contribution is 0.0385. The summed E-state index contributed by atoms with van der Waals surface area (Å²) in [5.41, 5.74) is 1.52. The van der Waals surface area contributed by atoms with Gasteiger partial charge in [0.2, 0.25) is 0 Å². The van der Waals surface area contributed by atoms with E-state index in [-0.39, 0.29) is 29.7 Å². The van der Waals surface area contributed by atoms with Crippen molar-refractivity contribution < 1.29 is 13.9 Å². The zero-order valence-electron chi connectivity index (χ0n) is 10.6. The molecular formula is C13H17ClFNO2. The summed E-state index contributed by atoms with van der Waals surface area (Å²) in [6.45, 7) is 6.22. The minimum Gasteiger partial charge on any atom is -0.449 e. The van der Waals surface area contributed by atoms with Crippen molar-refractivity contribution >= 4 is 18.5 Å². The lowest BCUT2D eigenvalue weighted by Crippen LogP contribution is -2.47. The van der Waals surface area contributed by atoms with Gasteiger partial charge in [0.1, 0.15) is 12.4 Å². The van der Waals surface area contributed by atoms with E-state index in [1.807, 2.05) is 20.8 Å². The topological polar surface area (TPSA) is 38.3 Å². The van der Waals surface area contributed by atoms with Crippen LogP contribution in [0.25, 0.3) is 0 Å². The smallest absolute Gasteiger partial charge is 0.407 e. The van der Waals surface area contributed by atoms with Crippen LogP contribution in [0.5, 0.6) is 0 Å². The predicted molar refractivity (Wildman–Crippen MR) is 69.4 cm³/mol. The molecule has 1 aliphatic rings. The highest BCUT2D eigenvalue weighted by Gasteiger charge is 2.38. The maximum atomic E-state index is 13.3. The maximum Gasteiger partial charge on any atom is 0.407 e. The molecule has 1 aromatic carbocycles. The van der Waals surface area contributed by atoms with Gasteiger partial charge >= 0.3 is 6.09 Å². The van der Waals surface area contributed by atoms with Crippen molar-refractivity contribution in [2.45, 2.75) is 26.8 Å². The number of hydrogen-bond donors (Lipinski definition) is 1. The number of rotatable bonds is 1. The zero-order valence-corrected chi connectivity index (χ0v) is 11.4. The fraction of sp³-hybridized carbons (Fsp3) is 0.462. The van der Waals surface area contributed by atoms with Crippen LogP contribution in [0.1, 0.15) is 31.0 Å². The van der Waals surface area contributed by atoms with Crippen molar-refractivity contribution in [3.63, 3.8) is 0 Å². The number of halogens is 2. The van der Waals surface area contributed by atoms with Gasteiger partial charge in [0.05, 0.1) is 6.04 Å². The van der Waals surface area contributed by atoms with E-state index in [0.29, 0.717) is 6.61 Å². The van der Waals surface area contributed by atoms with Crippen LogP contribution in [0.15, 0.2) is 18.2 Å². The molecule has 0 unspecified atom stereocenters. The summed E-state index contributed by atoms with van der Waals surface area (Å²) in [7, 11) is 0. The summed E-state index contributed by atoms with van der Waals surface area (Å²) in [5, 5.41) is 2.76. The highest BCUT2D eigenvalue weighted by molar-refractivity contribution is 5.85. The molecule has 1 atom stereocenters. The number of ether oxygens (including phenoxy) is 1. The average molecular weight is 274 g/mol. The number of cyclic esters (lactones) is 1. The summed E-state index contributed by atoms with van der Waals surface area (Å²) in [4.78, 5) is 11.3. The van der Waals surface area contributed by atoms with Gasteiger partial charge in [-0.25, -0.2) is 9.18 Å². The first-order valence-electron chi connectivity index (χ1n) is 5.59. The molecule has 18 heavy (non-hydrogen) atoms. The molecule has 1 amide bonds. The fourth-order valence-electron chi connectivity index (χ4n) is 2.11. The largest absolute Gasteiger partial charge is 0.449 e. The third kappa shape index (κ3) is 2.75. The summed E-state index contributed by atoms with van der Waals surface area (Å²) in [6, 6.07) is 4.40. The Balaban J connectivity index is 0.00000162. The first kappa shape index (κ1) is 14.8. The maximum absolute atomic E-state index is 13.3. The van der Waals surface area contributed by atoms with Crippen molar-refractivity contribution in [2.75, 3.05) is 6.61 Å². The van der Waals surface area contributed by atoms with Gasteiger partial charge < -0.3 is 10.1 Å². The van der Waals surface area contributed by atoms with Gasteiger partial charge in [0.25, 0.3) is 0 Å². The monoisotopic (exact) mass is 273 g/mol. The number of hydrogen-bond acceptors (Lipinski definition) is 2. The minimum atomic E-state index is -0.446. The molecule has 1 heterocycles. The third-order valence-electron chi connectivity index (χ3n) is 3.17. The Morgan fingerprint density at radius 2 is 2.11 bits per heavy atom. The number of nitrogens with one attached hydrogen (secondary N) is 1. The van der Waals surface area contributed by atoms with E-state index >= 15 is 0 Å². The molecule has 0 aromatic heterocycles. The van der Waals surface area contributed by atoms with Crippen molar-refractivity contribution in [3.8, 4) is 0 Å². The third-order valence-corrected chi connectivity index (χ3v) is 3.17. The van der Waals surface area contributed by atoms with Crippen LogP contribution in [-0.2, 0) is 4.74 Å². The highest BCUT2D eigenvalue weighted by Crippen LogP contribution is 2.37. The van der Waals surface area contributed by atoms with Crippen molar-refractivity contribution in [3.05, 3.63) is 35.1 Å². The first-order valence-corrected chi connectivity index (χ1v) is 5.59. The molecular weight excluding hydrogens is 257 g/mol. The van der Waals surface area contributed by atoms with Gasteiger partial charge in [-0.3, -0.25) is 0 Å². The molecule has 0 saturated carbocycles. The van der Waals surface area contributed by atoms with Gasteiger partial charge in [-0.2, -0.15) is 0 Å². The molecule has 0 bridgehead atoms. The predicted octanol–water partition coefficient (Wildman–Crippen LogP) is 3.36. The summed E-state index contributed by atoms with van der Waals surface area (Å²) >= 11 is 0. The van der Waals surface area contributed by atoms with Crippen molar-refractivity contribution in [1.29, 1.82) is 0 Å². The molecule has 0 radical (unpaired) electrons. The van der Waals surface area contributed by atoms with Gasteiger partial charge in [0, 0.05) is 5.41 Å². The van der Waals surface area contributed by atoms with E-state index in [1.54, 1.807) is 6.07 Å². The number of aryl methyl sites for hydroxylation is 1. The molecule has 0 aliphatic carbocycles. The Bertz CT molecular complexity index is 462. The number of carbonyl (C=O) groups is 1. The second-order valence-corrected chi connectivity index (χ2v) is 5.14. The molecule has 1 N–H and O–H groups in total. The van der Waals surface area contributed by atoms with Crippen LogP contribution < -0.4 is 5.32 Å². The standard InChI is InChI=1S/C13H16FNO2.ClH/c1-8-4-5-9(14)6-10(8)11-13(2,3)7-17-12(16)15-11;/h4-6,11H,7H2,1-3H3,(H,15,16);1H/t11-;/m1./s1. The summed E-state index contributed by atoms with van der Waals surface area (Å²) in [5.74, 6) is -0.290. The first-order chi connectivity index (χ1) is 7.90. The number of carbonyl (C=O) groups excluding carboxylic acids is 1. The van der Waals surface area contributed by atoms with Crippen LogP contribution in [0.4, 0.5) is 9.18 Å². The Hall–Kier alpha value is -1.29. The molecule has 3 nitrogen and oxygen atoms in total. The molecule has 1 aliphatic heterocycles. The second-order valence-electron chi connectivity index (χ2n) is 5.14. The molecule has 0 spiro atoms. The zero-order chi connectivity index (χ0) is 12.6. The summed E-state index contributed by atoms with van der Waals surface area (Å²) in [6.07, 6.45) is -0.446. The Morgan fingerprint density at radius 1 is 1.44 bits per heavy atom. The Kier molecular flexibility index (Phi) is 4.22. The van der Waals surface area contributed by atoms with E-state index in [9.17, 15) is 9.18 Å². The molecule has 100 valence electrons. The van der Waals surface area contributed by atoms with Crippen molar-refractivity contribution in [2.24, 2.45) is 5.41 Å². The molecule has 5 heteroatoms. The van der Waals surface area contributed by atoms with E-state index in [0.717, 1.165) is 11.1 Å². The molecule has 2 rings (SSSR count). The average Bonchev–Trinajstić information content (AvgIpc) is 2.26. The molecule has 1 fully saturated rings. The van der Waals surface area contributed by atoms with Crippen LogP contribution in [-0.4, -0.2) is 12.7 Å². The quantitative estimate of drug-likeness (QED) is 0.852. The number of alkyl carbamates (subject to hydrolysis) is 1. The van der Waals surface area contributed by atoms with Crippen LogP contribution in [0.3, 0.4) is 0 Å². The van der Waals surface area contributed by atoms with Gasteiger partial charge in [-0.15, -0.1) is 12.4 Å². The van der Waals surface area contributed by atoms with Gasteiger partial charge in [-0.1, -0.05) is 19.9 Å². The van der Waals surface area contributed by atoms with Crippen LogP contribution in [0, 0.1) is 18.2 Å².